The Bertz CT molecular complexity index is 792. The minimum Gasteiger partial charge on any atom is -0.494 e. The number of hydrogen-bond acceptors (Lipinski definition) is 6. The summed E-state index contributed by atoms with van der Waals surface area (Å²) in [6.07, 6.45) is 2.94. The van der Waals surface area contributed by atoms with Crippen LogP contribution in [-0.4, -0.2) is 42.6 Å². The maximum Gasteiger partial charge on any atom is 0.329 e. The lowest BCUT2D eigenvalue weighted by Crippen LogP contribution is -2.49. The fourth-order valence-corrected chi connectivity index (χ4v) is 3.36. The first-order chi connectivity index (χ1) is 14.3. The number of esters is 1. The predicted octanol–water partition coefficient (Wildman–Crippen LogP) is 2.34. The number of rotatable bonds is 9. The molecule has 1 fully saturated rings. The van der Waals surface area contributed by atoms with Crippen LogP contribution in [0, 0.1) is 17.2 Å². The van der Waals surface area contributed by atoms with Gasteiger partial charge in [-0.15, -0.1) is 0 Å². The van der Waals surface area contributed by atoms with Crippen LogP contribution in [0.25, 0.3) is 0 Å². The highest BCUT2D eigenvalue weighted by molar-refractivity contribution is 5.97. The highest BCUT2D eigenvalue weighted by Crippen LogP contribution is 2.28. The maximum absolute atomic E-state index is 12.5. The summed E-state index contributed by atoms with van der Waals surface area (Å²) < 4.78 is 10.5. The van der Waals surface area contributed by atoms with Crippen LogP contribution in [-0.2, 0) is 14.3 Å². The second-order valence-electron chi connectivity index (χ2n) is 7.71. The first-order valence-corrected chi connectivity index (χ1v) is 10.2. The molecule has 1 aromatic rings. The van der Waals surface area contributed by atoms with Crippen molar-refractivity contribution in [2.75, 3.05) is 13.2 Å². The summed E-state index contributed by atoms with van der Waals surface area (Å²) >= 11 is 0. The van der Waals surface area contributed by atoms with Gasteiger partial charge in [0, 0.05) is 5.56 Å². The zero-order chi connectivity index (χ0) is 22.1. The van der Waals surface area contributed by atoms with E-state index in [9.17, 15) is 19.6 Å². The maximum atomic E-state index is 12.5. The van der Waals surface area contributed by atoms with E-state index in [0.29, 0.717) is 30.8 Å². The minimum atomic E-state index is -0.909. The van der Waals surface area contributed by atoms with Crippen LogP contribution in [0.1, 0.15) is 56.8 Å². The van der Waals surface area contributed by atoms with Crippen LogP contribution in [0.15, 0.2) is 24.3 Å². The highest BCUT2D eigenvalue weighted by atomic mass is 16.5. The van der Waals surface area contributed by atoms with Gasteiger partial charge in [0.25, 0.3) is 11.8 Å². The Morgan fingerprint density at radius 1 is 1.17 bits per heavy atom. The Labute approximate surface area is 176 Å². The Morgan fingerprint density at radius 3 is 2.33 bits per heavy atom. The third-order valence-electron chi connectivity index (χ3n) is 5.03. The summed E-state index contributed by atoms with van der Waals surface area (Å²) in [7, 11) is 0. The van der Waals surface area contributed by atoms with Crippen molar-refractivity contribution in [2.24, 2.45) is 5.92 Å². The zero-order valence-electron chi connectivity index (χ0n) is 17.7. The standard InChI is InChI=1S/C22H29N3O5/c1-4-29-17-9-7-16(8-10-17)20(27)24-19(15(2)3)21(28)30-13-18(26)25-22(14-23)11-5-6-12-22/h7-10,15,19H,4-6,11-13H2,1-3H3,(H,24,27)(H,25,26)/t19-/m0/s1. The summed E-state index contributed by atoms with van der Waals surface area (Å²) in [6, 6.07) is 7.83. The normalized spacial score (nSPS) is 15.7. The summed E-state index contributed by atoms with van der Waals surface area (Å²) in [6.45, 7) is 5.44. The number of amides is 2. The molecule has 2 amide bonds. The van der Waals surface area contributed by atoms with Gasteiger partial charge >= 0.3 is 5.97 Å². The molecule has 0 spiro atoms. The molecule has 1 saturated carbocycles. The molecule has 0 saturated heterocycles. The second kappa shape index (κ2) is 10.6. The van der Waals surface area contributed by atoms with Crippen molar-refractivity contribution in [1.29, 1.82) is 5.26 Å². The topological polar surface area (TPSA) is 118 Å². The molecule has 2 rings (SSSR count). The monoisotopic (exact) mass is 415 g/mol. The molecular weight excluding hydrogens is 386 g/mol. The van der Waals surface area contributed by atoms with E-state index in [1.54, 1.807) is 38.1 Å². The van der Waals surface area contributed by atoms with E-state index < -0.39 is 36.0 Å². The van der Waals surface area contributed by atoms with E-state index in [2.05, 4.69) is 16.7 Å². The number of hydrogen-bond donors (Lipinski definition) is 2. The van der Waals surface area contributed by atoms with E-state index in [1.807, 2.05) is 6.92 Å². The first-order valence-electron chi connectivity index (χ1n) is 10.2. The van der Waals surface area contributed by atoms with E-state index in [-0.39, 0.29) is 5.92 Å². The number of ether oxygens (including phenoxy) is 2. The van der Waals surface area contributed by atoms with Crippen LogP contribution in [0.2, 0.25) is 0 Å². The molecule has 8 heteroatoms. The Hall–Kier alpha value is -3.08. The quantitative estimate of drug-likeness (QED) is 0.598. The van der Waals surface area contributed by atoms with Gasteiger partial charge in [-0.3, -0.25) is 9.59 Å². The third-order valence-corrected chi connectivity index (χ3v) is 5.03. The van der Waals surface area contributed by atoms with Gasteiger partial charge < -0.3 is 20.1 Å². The summed E-state index contributed by atoms with van der Waals surface area (Å²) in [5.41, 5.74) is -0.491. The lowest BCUT2D eigenvalue weighted by Gasteiger charge is -2.23. The first kappa shape index (κ1) is 23.2. The lowest BCUT2D eigenvalue weighted by atomic mass is 10.00. The average molecular weight is 415 g/mol. The molecule has 1 aromatic carbocycles. The fraction of sp³-hybridized carbons (Fsp3) is 0.545. The summed E-state index contributed by atoms with van der Waals surface area (Å²) in [5.74, 6) is -1.23. The molecule has 0 heterocycles. The zero-order valence-corrected chi connectivity index (χ0v) is 17.7. The molecular formula is C22H29N3O5. The van der Waals surface area contributed by atoms with E-state index >= 15 is 0 Å². The van der Waals surface area contributed by atoms with Crippen molar-refractivity contribution < 1.29 is 23.9 Å². The largest absolute Gasteiger partial charge is 0.494 e. The number of nitriles is 1. The number of carbonyl (C=O) groups excluding carboxylic acids is 3. The van der Waals surface area contributed by atoms with E-state index in [0.717, 1.165) is 12.8 Å². The highest BCUT2D eigenvalue weighted by Gasteiger charge is 2.36. The molecule has 1 aliphatic carbocycles. The predicted molar refractivity (Wildman–Crippen MR) is 110 cm³/mol. The molecule has 1 atom stereocenters. The second-order valence-corrected chi connectivity index (χ2v) is 7.71. The molecule has 1 aliphatic rings. The van der Waals surface area contributed by atoms with Crippen molar-refractivity contribution in [3.8, 4) is 11.8 Å². The number of benzene rings is 1. The van der Waals surface area contributed by atoms with Gasteiger partial charge in [-0.05, 0) is 62.8 Å². The van der Waals surface area contributed by atoms with Gasteiger partial charge in [-0.1, -0.05) is 13.8 Å². The van der Waals surface area contributed by atoms with Crippen LogP contribution in [0.5, 0.6) is 5.75 Å². The van der Waals surface area contributed by atoms with Crippen molar-refractivity contribution >= 4 is 17.8 Å². The SMILES string of the molecule is CCOc1ccc(C(=O)N[C@H](C(=O)OCC(=O)NC2(C#N)CCCC2)C(C)C)cc1. The molecule has 0 radical (unpaired) electrons. The number of nitrogens with zero attached hydrogens (tertiary/aromatic N) is 1. The van der Waals surface area contributed by atoms with Crippen LogP contribution < -0.4 is 15.4 Å². The van der Waals surface area contributed by atoms with Crippen molar-refractivity contribution in [3.05, 3.63) is 29.8 Å². The van der Waals surface area contributed by atoms with E-state index in [1.165, 1.54) is 0 Å². The molecule has 8 nitrogen and oxygen atoms in total. The Balaban J connectivity index is 1.91. The van der Waals surface area contributed by atoms with Crippen LogP contribution in [0.3, 0.4) is 0 Å². The summed E-state index contributed by atoms with van der Waals surface area (Å²) in [5, 5.41) is 14.7. The van der Waals surface area contributed by atoms with Crippen molar-refractivity contribution in [1.82, 2.24) is 10.6 Å². The van der Waals surface area contributed by atoms with Gasteiger partial charge in [0.1, 0.15) is 17.3 Å². The van der Waals surface area contributed by atoms with Crippen molar-refractivity contribution in [2.45, 2.75) is 58.0 Å². The lowest BCUT2D eigenvalue weighted by molar-refractivity contribution is -0.151. The number of nitrogens with one attached hydrogen (secondary N) is 2. The van der Waals surface area contributed by atoms with Gasteiger partial charge in [-0.2, -0.15) is 5.26 Å². The van der Waals surface area contributed by atoms with Crippen LogP contribution >= 0.6 is 0 Å². The number of carbonyl (C=O) groups is 3. The Morgan fingerprint density at radius 2 is 1.80 bits per heavy atom. The fourth-order valence-electron chi connectivity index (χ4n) is 3.36. The molecule has 0 aliphatic heterocycles. The smallest absolute Gasteiger partial charge is 0.329 e. The van der Waals surface area contributed by atoms with Gasteiger partial charge in [-0.25, -0.2) is 4.79 Å². The Kier molecular flexibility index (Phi) is 8.22. The van der Waals surface area contributed by atoms with Crippen molar-refractivity contribution in [3.63, 3.8) is 0 Å². The van der Waals surface area contributed by atoms with Gasteiger partial charge in [0.05, 0.1) is 12.7 Å². The molecule has 0 bridgehead atoms. The third kappa shape index (κ3) is 6.21. The molecule has 0 aromatic heterocycles. The van der Waals surface area contributed by atoms with E-state index in [4.69, 9.17) is 9.47 Å². The average Bonchev–Trinajstić information content (AvgIpc) is 3.19. The van der Waals surface area contributed by atoms with Gasteiger partial charge in [0.2, 0.25) is 0 Å². The molecule has 162 valence electrons. The summed E-state index contributed by atoms with van der Waals surface area (Å²) in [4.78, 5) is 37.1. The molecule has 0 unspecified atom stereocenters. The molecule has 30 heavy (non-hydrogen) atoms. The minimum absolute atomic E-state index is 0.243. The van der Waals surface area contributed by atoms with Crippen LogP contribution in [0.4, 0.5) is 0 Å². The van der Waals surface area contributed by atoms with Gasteiger partial charge in [0.15, 0.2) is 6.61 Å². The molecule has 2 N–H and O–H groups in total.